The first-order valence-corrected chi connectivity index (χ1v) is 7.57. The third-order valence-electron chi connectivity index (χ3n) is 3.51. The fourth-order valence-corrected chi connectivity index (χ4v) is 2.48. The number of rotatable bonds is 8. The van der Waals surface area contributed by atoms with Gasteiger partial charge in [-0.2, -0.15) is 0 Å². The van der Waals surface area contributed by atoms with E-state index in [9.17, 15) is 0 Å². The van der Waals surface area contributed by atoms with E-state index in [4.69, 9.17) is 25.8 Å². The van der Waals surface area contributed by atoms with E-state index >= 15 is 0 Å². The lowest BCUT2D eigenvalue weighted by Crippen LogP contribution is -2.16. The third kappa shape index (κ3) is 3.78. The molecular formula is C15H20ClNO3. The summed E-state index contributed by atoms with van der Waals surface area (Å²) in [5, 5.41) is 4.00. The smallest absolute Gasteiger partial charge is 0.231 e. The number of benzene rings is 1. The van der Waals surface area contributed by atoms with E-state index in [1.807, 2.05) is 12.1 Å². The van der Waals surface area contributed by atoms with Gasteiger partial charge in [-0.05, 0) is 49.4 Å². The van der Waals surface area contributed by atoms with Gasteiger partial charge in [-0.3, -0.25) is 0 Å². The van der Waals surface area contributed by atoms with Gasteiger partial charge in [0.05, 0.1) is 5.02 Å². The predicted molar refractivity (Wildman–Crippen MR) is 77.4 cm³/mol. The fraction of sp³-hybridized carbons (Fsp3) is 0.600. The van der Waals surface area contributed by atoms with Crippen LogP contribution in [0.4, 0.5) is 0 Å². The van der Waals surface area contributed by atoms with Crippen molar-refractivity contribution in [1.82, 2.24) is 5.32 Å². The van der Waals surface area contributed by atoms with Gasteiger partial charge in [0.2, 0.25) is 6.79 Å². The molecule has 1 aliphatic carbocycles. The molecule has 1 heterocycles. The van der Waals surface area contributed by atoms with Gasteiger partial charge in [0.1, 0.15) is 0 Å². The number of ether oxygens (including phenoxy) is 3. The SMILES string of the molecule is Clc1cc(CNCCCOCC2CC2)cc2c1OCO2. The zero-order valence-electron chi connectivity index (χ0n) is 11.5. The average molecular weight is 298 g/mol. The zero-order valence-corrected chi connectivity index (χ0v) is 12.2. The maximum Gasteiger partial charge on any atom is 0.231 e. The van der Waals surface area contributed by atoms with Crippen LogP contribution in [-0.2, 0) is 11.3 Å². The van der Waals surface area contributed by atoms with Gasteiger partial charge >= 0.3 is 0 Å². The van der Waals surface area contributed by atoms with E-state index in [2.05, 4.69) is 5.32 Å². The molecule has 0 spiro atoms. The predicted octanol–water partition coefficient (Wildman–Crippen LogP) is 2.98. The summed E-state index contributed by atoms with van der Waals surface area (Å²) in [6.45, 7) is 3.75. The molecule has 0 bridgehead atoms. The van der Waals surface area contributed by atoms with Crippen molar-refractivity contribution in [1.29, 1.82) is 0 Å². The lowest BCUT2D eigenvalue weighted by molar-refractivity contribution is 0.122. The minimum atomic E-state index is 0.254. The van der Waals surface area contributed by atoms with Crippen molar-refractivity contribution in [2.75, 3.05) is 26.6 Å². The topological polar surface area (TPSA) is 39.7 Å². The molecule has 0 saturated heterocycles. The van der Waals surface area contributed by atoms with E-state index in [0.717, 1.165) is 50.0 Å². The first-order chi connectivity index (χ1) is 9.83. The highest BCUT2D eigenvalue weighted by molar-refractivity contribution is 6.32. The number of hydrogen-bond donors (Lipinski definition) is 1. The summed E-state index contributed by atoms with van der Waals surface area (Å²) in [5.41, 5.74) is 1.11. The van der Waals surface area contributed by atoms with Crippen LogP contribution in [0.25, 0.3) is 0 Å². The van der Waals surface area contributed by atoms with Gasteiger partial charge in [-0.15, -0.1) is 0 Å². The molecular weight excluding hydrogens is 278 g/mol. The Kier molecular flexibility index (Phi) is 4.65. The Labute approximate surface area is 124 Å². The molecule has 3 rings (SSSR count). The summed E-state index contributed by atoms with van der Waals surface area (Å²) in [5.74, 6) is 2.24. The van der Waals surface area contributed by atoms with Crippen molar-refractivity contribution < 1.29 is 14.2 Å². The van der Waals surface area contributed by atoms with Crippen LogP contribution >= 0.6 is 11.6 Å². The highest BCUT2D eigenvalue weighted by Gasteiger charge is 2.20. The molecule has 5 heteroatoms. The van der Waals surface area contributed by atoms with Crippen molar-refractivity contribution in [3.8, 4) is 11.5 Å². The highest BCUT2D eigenvalue weighted by Crippen LogP contribution is 2.39. The molecule has 1 N–H and O–H groups in total. The lowest BCUT2D eigenvalue weighted by Gasteiger charge is -2.07. The normalized spacial score (nSPS) is 16.6. The van der Waals surface area contributed by atoms with Crippen LogP contribution in [0.15, 0.2) is 12.1 Å². The first-order valence-electron chi connectivity index (χ1n) is 7.19. The van der Waals surface area contributed by atoms with E-state index in [0.29, 0.717) is 10.8 Å². The molecule has 0 unspecified atom stereocenters. The minimum Gasteiger partial charge on any atom is -0.454 e. The molecule has 2 aliphatic rings. The van der Waals surface area contributed by atoms with Gasteiger partial charge in [-0.1, -0.05) is 11.6 Å². The van der Waals surface area contributed by atoms with Crippen LogP contribution in [0, 0.1) is 5.92 Å². The quantitative estimate of drug-likeness (QED) is 0.749. The Morgan fingerprint density at radius 3 is 3.05 bits per heavy atom. The third-order valence-corrected chi connectivity index (χ3v) is 3.79. The molecule has 1 saturated carbocycles. The first kappa shape index (κ1) is 14.0. The Bertz CT molecular complexity index is 463. The molecule has 110 valence electrons. The van der Waals surface area contributed by atoms with Gasteiger partial charge in [0.25, 0.3) is 0 Å². The molecule has 4 nitrogen and oxygen atoms in total. The van der Waals surface area contributed by atoms with Crippen LogP contribution in [0.1, 0.15) is 24.8 Å². The van der Waals surface area contributed by atoms with Crippen molar-refractivity contribution >= 4 is 11.6 Å². The summed E-state index contributed by atoms with van der Waals surface area (Å²) in [7, 11) is 0. The van der Waals surface area contributed by atoms with Gasteiger partial charge in [0, 0.05) is 19.8 Å². The van der Waals surface area contributed by atoms with Gasteiger partial charge < -0.3 is 19.5 Å². The van der Waals surface area contributed by atoms with Crippen LogP contribution in [0.3, 0.4) is 0 Å². The minimum absolute atomic E-state index is 0.254. The lowest BCUT2D eigenvalue weighted by atomic mass is 10.2. The summed E-state index contributed by atoms with van der Waals surface area (Å²) in [6.07, 6.45) is 3.73. The second-order valence-corrected chi connectivity index (χ2v) is 5.77. The highest BCUT2D eigenvalue weighted by atomic mass is 35.5. The summed E-state index contributed by atoms with van der Waals surface area (Å²) >= 11 is 6.14. The van der Waals surface area contributed by atoms with Crippen molar-refractivity contribution in [2.45, 2.75) is 25.8 Å². The van der Waals surface area contributed by atoms with Gasteiger partial charge in [-0.25, -0.2) is 0 Å². The molecule has 1 aromatic carbocycles. The van der Waals surface area contributed by atoms with E-state index < -0.39 is 0 Å². The molecule has 0 radical (unpaired) electrons. The second-order valence-electron chi connectivity index (χ2n) is 5.36. The fourth-order valence-electron chi connectivity index (χ4n) is 2.19. The Hall–Kier alpha value is -0.970. The Balaban J connectivity index is 1.34. The summed E-state index contributed by atoms with van der Waals surface area (Å²) in [4.78, 5) is 0. The molecule has 1 aliphatic heterocycles. The van der Waals surface area contributed by atoms with Gasteiger partial charge in [0.15, 0.2) is 11.5 Å². The molecule has 0 atom stereocenters. The Morgan fingerprint density at radius 2 is 2.20 bits per heavy atom. The summed E-state index contributed by atoms with van der Waals surface area (Å²) in [6, 6.07) is 3.90. The molecule has 20 heavy (non-hydrogen) atoms. The molecule has 0 aromatic heterocycles. The van der Waals surface area contributed by atoms with E-state index in [1.165, 1.54) is 12.8 Å². The maximum atomic E-state index is 6.14. The van der Waals surface area contributed by atoms with E-state index in [1.54, 1.807) is 0 Å². The number of fused-ring (bicyclic) bond motifs is 1. The number of nitrogens with one attached hydrogen (secondary N) is 1. The monoisotopic (exact) mass is 297 g/mol. The average Bonchev–Trinajstić information content (AvgIpc) is 3.13. The molecule has 1 aromatic rings. The summed E-state index contributed by atoms with van der Waals surface area (Å²) < 4.78 is 16.2. The molecule has 1 fully saturated rings. The molecule has 0 amide bonds. The van der Waals surface area contributed by atoms with Crippen molar-refractivity contribution in [2.24, 2.45) is 5.92 Å². The van der Waals surface area contributed by atoms with Crippen LogP contribution in [0.2, 0.25) is 5.02 Å². The number of hydrogen-bond acceptors (Lipinski definition) is 4. The van der Waals surface area contributed by atoms with Crippen LogP contribution < -0.4 is 14.8 Å². The van der Waals surface area contributed by atoms with E-state index in [-0.39, 0.29) is 6.79 Å². The van der Waals surface area contributed by atoms with Crippen molar-refractivity contribution in [3.05, 3.63) is 22.7 Å². The largest absolute Gasteiger partial charge is 0.454 e. The van der Waals surface area contributed by atoms with Crippen LogP contribution in [-0.4, -0.2) is 26.6 Å². The second kappa shape index (κ2) is 6.66. The van der Waals surface area contributed by atoms with Crippen LogP contribution in [0.5, 0.6) is 11.5 Å². The number of halogens is 1. The van der Waals surface area contributed by atoms with Crippen molar-refractivity contribution in [3.63, 3.8) is 0 Å². The standard InChI is InChI=1S/C15H20ClNO3/c16-13-6-12(7-14-15(13)20-10-19-14)8-17-4-1-5-18-9-11-2-3-11/h6-7,11,17H,1-5,8-10H2. The Morgan fingerprint density at radius 1 is 1.30 bits per heavy atom. The maximum absolute atomic E-state index is 6.14. The zero-order chi connectivity index (χ0) is 13.8.